The molecule has 1 heterocycles. The minimum absolute atomic E-state index is 0.398. The zero-order valence-corrected chi connectivity index (χ0v) is 11.7. The van der Waals surface area contributed by atoms with E-state index in [2.05, 4.69) is 29.4 Å². The molecule has 1 atom stereocenters. The molecule has 100 valence electrons. The molecular formula is C16H20N2O. The van der Waals surface area contributed by atoms with Gasteiger partial charge in [0.05, 0.1) is 6.20 Å². The summed E-state index contributed by atoms with van der Waals surface area (Å²) in [6.45, 7) is 4.13. The summed E-state index contributed by atoms with van der Waals surface area (Å²) in [6, 6.07) is 12.5. The Morgan fingerprint density at radius 3 is 2.32 bits per heavy atom. The highest BCUT2D eigenvalue weighted by atomic mass is 16.5. The van der Waals surface area contributed by atoms with E-state index < -0.39 is 0 Å². The summed E-state index contributed by atoms with van der Waals surface area (Å²) in [7, 11) is 1.98. The van der Waals surface area contributed by atoms with Crippen molar-refractivity contribution in [2.45, 2.75) is 26.3 Å². The van der Waals surface area contributed by atoms with Crippen LogP contribution in [0.25, 0.3) is 0 Å². The van der Waals surface area contributed by atoms with Crippen LogP contribution in [0.2, 0.25) is 0 Å². The van der Waals surface area contributed by atoms with E-state index in [1.54, 1.807) is 6.20 Å². The van der Waals surface area contributed by atoms with Crippen LogP contribution in [-0.2, 0) is 0 Å². The van der Waals surface area contributed by atoms with Crippen molar-refractivity contribution >= 4 is 0 Å². The van der Waals surface area contributed by atoms with Crippen molar-refractivity contribution in [3.63, 3.8) is 0 Å². The Hall–Kier alpha value is -1.87. The summed E-state index contributed by atoms with van der Waals surface area (Å²) in [5.41, 5.74) is 2.27. The van der Waals surface area contributed by atoms with Crippen molar-refractivity contribution in [1.29, 1.82) is 0 Å². The number of hydrogen-bond donors (Lipinski definition) is 1. The van der Waals surface area contributed by atoms with Crippen LogP contribution in [0.4, 0.5) is 0 Å². The van der Waals surface area contributed by atoms with Crippen LogP contribution in [0.1, 0.15) is 30.6 Å². The van der Waals surface area contributed by atoms with Gasteiger partial charge in [0.15, 0.2) is 0 Å². The fourth-order valence-electron chi connectivity index (χ4n) is 2.03. The maximum absolute atomic E-state index is 5.75. The summed E-state index contributed by atoms with van der Waals surface area (Å²) >= 11 is 0. The van der Waals surface area contributed by atoms with Crippen LogP contribution in [-0.4, -0.2) is 12.0 Å². The Kier molecular flexibility index (Phi) is 4.53. The molecular weight excluding hydrogens is 236 g/mol. The number of hydrogen-bond acceptors (Lipinski definition) is 3. The maximum atomic E-state index is 5.75. The smallest absolute Gasteiger partial charge is 0.145 e. The molecule has 1 aromatic heterocycles. The number of benzene rings is 1. The number of aryl methyl sites for hydroxylation is 1. The second kappa shape index (κ2) is 6.34. The van der Waals surface area contributed by atoms with Crippen molar-refractivity contribution in [3.05, 3.63) is 53.9 Å². The first-order chi connectivity index (χ1) is 9.22. The van der Waals surface area contributed by atoms with Crippen LogP contribution in [0.15, 0.2) is 42.6 Å². The molecule has 3 heteroatoms. The third kappa shape index (κ3) is 3.55. The number of pyridine rings is 1. The van der Waals surface area contributed by atoms with Gasteiger partial charge in [-0.15, -0.1) is 0 Å². The van der Waals surface area contributed by atoms with E-state index in [9.17, 15) is 0 Å². The first kappa shape index (κ1) is 13.6. The average molecular weight is 256 g/mol. The molecule has 0 aliphatic rings. The molecule has 2 rings (SSSR count). The second-order valence-corrected chi connectivity index (χ2v) is 4.56. The van der Waals surface area contributed by atoms with Gasteiger partial charge < -0.3 is 10.1 Å². The highest BCUT2D eigenvalue weighted by Crippen LogP contribution is 2.23. The standard InChI is InChI=1S/C16H20N2O/c1-4-16(17-3)13-6-9-14(10-7-13)19-15-8-5-12(2)18-11-15/h5-11,16-17H,4H2,1-3H3. The first-order valence-electron chi connectivity index (χ1n) is 6.60. The third-order valence-corrected chi connectivity index (χ3v) is 3.16. The van der Waals surface area contributed by atoms with Gasteiger partial charge >= 0.3 is 0 Å². The summed E-state index contributed by atoms with van der Waals surface area (Å²) in [5.74, 6) is 1.60. The fourth-order valence-corrected chi connectivity index (χ4v) is 2.03. The van der Waals surface area contributed by atoms with Crippen molar-refractivity contribution in [1.82, 2.24) is 10.3 Å². The summed E-state index contributed by atoms with van der Waals surface area (Å²) in [6.07, 6.45) is 2.81. The Morgan fingerprint density at radius 2 is 1.79 bits per heavy atom. The van der Waals surface area contributed by atoms with Gasteiger partial charge in [-0.1, -0.05) is 19.1 Å². The second-order valence-electron chi connectivity index (χ2n) is 4.56. The van der Waals surface area contributed by atoms with Crippen molar-refractivity contribution < 1.29 is 4.74 Å². The molecule has 1 unspecified atom stereocenters. The maximum Gasteiger partial charge on any atom is 0.145 e. The molecule has 1 N–H and O–H groups in total. The minimum atomic E-state index is 0.398. The molecule has 0 saturated carbocycles. The van der Waals surface area contributed by atoms with Gasteiger partial charge in [0.1, 0.15) is 11.5 Å². The van der Waals surface area contributed by atoms with E-state index in [-0.39, 0.29) is 0 Å². The Balaban J connectivity index is 2.08. The zero-order valence-electron chi connectivity index (χ0n) is 11.7. The molecule has 0 fully saturated rings. The topological polar surface area (TPSA) is 34.1 Å². The molecule has 3 nitrogen and oxygen atoms in total. The summed E-state index contributed by atoms with van der Waals surface area (Å²) in [5, 5.41) is 3.29. The van der Waals surface area contributed by atoms with E-state index in [1.807, 2.05) is 38.2 Å². The lowest BCUT2D eigenvalue weighted by molar-refractivity contribution is 0.479. The van der Waals surface area contributed by atoms with E-state index >= 15 is 0 Å². The Labute approximate surface area is 114 Å². The largest absolute Gasteiger partial charge is 0.456 e. The number of nitrogens with zero attached hydrogens (tertiary/aromatic N) is 1. The molecule has 0 aliphatic carbocycles. The molecule has 0 bridgehead atoms. The monoisotopic (exact) mass is 256 g/mol. The van der Waals surface area contributed by atoms with E-state index in [0.29, 0.717) is 6.04 Å². The average Bonchev–Trinajstić information content (AvgIpc) is 2.44. The van der Waals surface area contributed by atoms with Crippen LogP contribution >= 0.6 is 0 Å². The van der Waals surface area contributed by atoms with Crippen molar-refractivity contribution in [2.24, 2.45) is 0 Å². The molecule has 19 heavy (non-hydrogen) atoms. The number of aromatic nitrogens is 1. The van der Waals surface area contributed by atoms with Gasteiger partial charge in [-0.2, -0.15) is 0 Å². The van der Waals surface area contributed by atoms with E-state index in [0.717, 1.165) is 23.6 Å². The number of ether oxygens (including phenoxy) is 1. The van der Waals surface area contributed by atoms with Gasteiger partial charge in [-0.3, -0.25) is 4.98 Å². The fraction of sp³-hybridized carbons (Fsp3) is 0.312. The molecule has 0 saturated heterocycles. The lowest BCUT2D eigenvalue weighted by Crippen LogP contribution is -2.14. The third-order valence-electron chi connectivity index (χ3n) is 3.16. The normalized spacial score (nSPS) is 12.2. The van der Waals surface area contributed by atoms with Crippen LogP contribution < -0.4 is 10.1 Å². The van der Waals surface area contributed by atoms with Gasteiger partial charge in [-0.05, 0) is 50.2 Å². The van der Waals surface area contributed by atoms with Crippen LogP contribution in [0.3, 0.4) is 0 Å². The highest BCUT2D eigenvalue weighted by molar-refractivity contribution is 5.33. The molecule has 1 aromatic carbocycles. The highest BCUT2D eigenvalue weighted by Gasteiger charge is 2.06. The molecule has 0 radical (unpaired) electrons. The number of nitrogens with one attached hydrogen (secondary N) is 1. The van der Waals surface area contributed by atoms with Gasteiger partial charge in [0, 0.05) is 11.7 Å². The predicted octanol–water partition coefficient (Wildman–Crippen LogP) is 3.85. The minimum Gasteiger partial charge on any atom is -0.456 e. The van der Waals surface area contributed by atoms with Crippen LogP contribution in [0.5, 0.6) is 11.5 Å². The molecule has 0 aliphatic heterocycles. The predicted molar refractivity (Wildman–Crippen MR) is 77.6 cm³/mol. The lowest BCUT2D eigenvalue weighted by atomic mass is 10.0. The van der Waals surface area contributed by atoms with Crippen molar-refractivity contribution in [3.8, 4) is 11.5 Å². The van der Waals surface area contributed by atoms with E-state index in [4.69, 9.17) is 4.74 Å². The van der Waals surface area contributed by atoms with E-state index in [1.165, 1.54) is 5.56 Å². The molecule has 0 spiro atoms. The van der Waals surface area contributed by atoms with Gasteiger partial charge in [-0.25, -0.2) is 0 Å². The van der Waals surface area contributed by atoms with Gasteiger partial charge in [0.2, 0.25) is 0 Å². The van der Waals surface area contributed by atoms with Gasteiger partial charge in [0.25, 0.3) is 0 Å². The number of rotatable bonds is 5. The quantitative estimate of drug-likeness (QED) is 0.882. The SMILES string of the molecule is CCC(NC)c1ccc(Oc2ccc(C)nc2)cc1. The van der Waals surface area contributed by atoms with Crippen LogP contribution in [0, 0.1) is 6.92 Å². The summed E-state index contributed by atoms with van der Waals surface area (Å²) in [4.78, 5) is 4.21. The first-order valence-corrected chi connectivity index (χ1v) is 6.60. The Bertz CT molecular complexity index is 501. The zero-order chi connectivity index (χ0) is 13.7. The molecule has 0 amide bonds. The van der Waals surface area contributed by atoms with Crippen molar-refractivity contribution in [2.75, 3.05) is 7.05 Å². The summed E-state index contributed by atoms with van der Waals surface area (Å²) < 4.78 is 5.75. The molecule has 2 aromatic rings. The Morgan fingerprint density at radius 1 is 1.11 bits per heavy atom. The lowest BCUT2D eigenvalue weighted by Gasteiger charge is -2.14.